The van der Waals surface area contributed by atoms with Crippen LogP contribution in [0.1, 0.15) is 11.1 Å². The van der Waals surface area contributed by atoms with Crippen molar-refractivity contribution in [1.29, 1.82) is 0 Å². The Hall–Kier alpha value is -2.84. The zero-order chi connectivity index (χ0) is 35.1. The third kappa shape index (κ3) is 8.84. The van der Waals surface area contributed by atoms with E-state index in [-0.39, 0.29) is 49.1 Å². The maximum atomic E-state index is 10.6. The monoisotopic (exact) mass is 686 g/mol. The summed E-state index contributed by atoms with van der Waals surface area (Å²) in [5, 5.41) is 102. The summed E-state index contributed by atoms with van der Waals surface area (Å²) in [5.74, 6) is -0.854. The van der Waals surface area contributed by atoms with Gasteiger partial charge in [-0.15, -0.1) is 0 Å². The Kier molecular flexibility index (Phi) is 13.6. The van der Waals surface area contributed by atoms with E-state index in [1.807, 2.05) is 0 Å². The second kappa shape index (κ2) is 17.2. The Morgan fingerprint density at radius 3 is 1.29 bits per heavy atom. The quantitative estimate of drug-likeness (QED) is 0.0951. The summed E-state index contributed by atoms with van der Waals surface area (Å²) in [6.45, 7) is -1.63. The molecule has 2 fully saturated rings. The van der Waals surface area contributed by atoms with Gasteiger partial charge in [0, 0.05) is 0 Å². The molecule has 2 saturated heterocycles. The molecule has 2 heterocycles. The van der Waals surface area contributed by atoms with Crippen molar-refractivity contribution in [3.63, 3.8) is 0 Å². The standard InChI is InChI=1S/C32H46O16/c1-43-21-9-15(3-5-19(21)35)7-17(13-45-31-29(41)27(39)25(37)23(11-33)47-31)18(8-16-4-6-20(36)22(10-16)44-2)14-46-32-30(42)28(40)26(38)24(12-34)48-32/h3-6,9-10,17-18,23-42H,7-8,11-14H2,1-2H3/t17-,18-,23-,24+,25-,26-,27+,28+,29-,30-,31-,32+/m0/s1. The molecule has 2 aliphatic heterocycles. The van der Waals surface area contributed by atoms with Gasteiger partial charge in [-0.2, -0.15) is 0 Å². The fraction of sp³-hybridized carbons (Fsp3) is 0.625. The summed E-state index contributed by atoms with van der Waals surface area (Å²) >= 11 is 0. The first-order chi connectivity index (χ1) is 22.9. The Balaban J connectivity index is 1.66. The largest absolute Gasteiger partial charge is 0.504 e. The van der Waals surface area contributed by atoms with E-state index in [0.717, 1.165) is 0 Å². The van der Waals surface area contributed by atoms with Gasteiger partial charge < -0.3 is 79.5 Å². The molecule has 10 N–H and O–H groups in total. The van der Waals surface area contributed by atoms with E-state index in [9.17, 15) is 51.1 Å². The summed E-state index contributed by atoms with van der Waals surface area (Å²) in [6.07, 6.45) is -14.7. The second-order valence-corrected chi connectivity index (χ2v) is 12.0. The Labute approximate surface area is 276 Å². The minimum absolute atomic E-state index is 0.0888. The molecule has 270 valence electrons. The smallest absolute Gasteiger partial charge is 0.186 e. The van der Waals surface area contributed by atoms with Crippen LogP contribution in [0, 0.1) is 11.8 Å². The highest BCUT2D eigenvalue weighted by molar-refractivity contribution is 5.43. The van der Waals surface area contributed by atoms with Crippen LogP contribution in [0.3, 0.4) is 0 Å². The number of rotatable bonds is 15. The van der Waals surface area contributed by atoms with E-state index < -0.39 is 86.5 Å². The van der Waals surface area contributed by atoms with Crippen molar-refractivity contribution in [2.24, 2.45) is 11.8 Å². The van der Waals surface area contributed by atoms with Crippen LogP contribution in [0.25, 0.3) is 0 Å². The van der Waals surface area contributed by atoms with E-state index in [1.54, 1.807) is 24.3 Å². The molecular formula is C32H46O16. The zero-order valence-corrected chi connectivity index (χ0v) is 26.6. The molecule has 2 aromatic carbocycles. The molecule has 16 nitrogen and oxygen atoms in total. The first-order valence-electron chi connectivity index (χ1n) is 15.5. The third-order valence-electron chi connectivity index (χ3n) is 8.80. The van der Waals surface area contributed by atoms with Crippen molar-refractivity contribution in [2.75, 3.05) is 40.6 Å². The summed E-state index contributed by atoms with van der Waals surface area (Å²) in [7, 11) is 2.79. The molecule has 0 aromatic heterocycles. The fourth-order valence-corrected chi connectivity index (χ4v) is 5.87. The van der Waals surface area contributed by atoms with Crippen LogP contribution in [0.15, 0.2) is 36.4 Å². The summed E-state index contributed by atoms with van der Waals surface area (Å²) < 4.78 is 33.6. The summed E-state index contributed by atoms with van der Waals surface area (Å²) in [5.41, 5.74) is 1.38. The number of aliphatic hydroxyl groups is 8. The SMILES string of the molecule is COc1cc(C[C@@H](CO[C@H]2O[C@@H](CO)[C@H](O)[C@@H](O)[C@@H]2O)[C@H](CO[C@@H]2O[C@H](CO)[C@H](O)[C@@H](O)[C@@H]2O)Cc2ccc(O)c(OC)c2)ccc1O. The molecule has 2 aromatic rings. The maximum Gasteiger partial charge on any atom is 0.186 e. The van der Waals surface area contributed by atoms with Gasteiger partial charge in [0.1, 0.15) is 48.8 Å². The van der Waals surface area contributed by atoms with Gasteiger partial charge in [0.15, 0.2) is 35.6 Å². The second-order valence-electron chi connectivity index (χ2n) is 12.0. The molecule has 0 bridgehead atoms. The van der Waals surface area contributed by atoms with Crippen LogP contribution >= 0.6 is 0 Å². The average molecular weight is 687 g/mol. The van der Waals surface area contributed by atoms with E-state index in [4.69, 9.17) is 28.4 Å². The summed E-state index contributed by atoms with van der Waals surface area (Å²) in [4.78, 5) is 0. The molecule has 0 aliphatic carbocycles. The highest BCUT2D eigenvalue weighted by Crippen LogP contribution is 2.34. The first kappa shape index (κ1) is 38.0. The minimum Gasteiger partial charge on any atom is -0.504 e. The van der Waals surface area contributed by atoms with Crippen molar-refractivity contribution in [2.45, 2.75) is 74.3 Å². The van der Waals surface area contributed by atoms with Crippen molar-refractivity contribution in [3.8, 4) is 23.0 Å². The van der Waals surface area contributed by atoms with Gasteiger partial charge in [-0.25, -0.2) is 0 Å². The van der Waals surface area contributed by atoms with Crippen LogP contribution in [0.2, 0.25) is 0 Å². The summed E-state index contributed by atoms with van der Waals surface area (Å²) in [6, 6.07) is 9.47. The minimum atomic E-state index is -1.67. The topological polar surface area (TPSA) is 258 Å². The molecule has 0 spiro atoms. The molecule has 0 radical (unpaired) electrons. The zero-order valence-electron chi connectivity index (χ0n) is 26.6. The van der Waals surface area contributed by atoms with Crippen molar-refractivity contribution in [1.82, 2.24) is 0 Å². The van der Waals surface area contributed by atoms with E-state index in [1.165, 1.54) is 26.4 Å². The number of ether oxygens (including phenoxy) is 6. The molecule has 12 atom stereocenters. The van der Waals surface area contributed by atoms with Gasteiger partial charge in [-0.1, -0.05) is 12.1 Å². The number of aliphatic hydroxyl groups excluding tert-OH is 8. The Bertz CT molecular complexity index is 1200. The predicted molar refractivity (Wildman–Crippen MR) is 163 cm³/mol. The lowest BCUT2D eigenvalue weighted by molar-refractivity contribution is -0.308. The van der Waals surface area contributed by atoms with E-state index in [0.29, 0.717) is 11.1 Å². The van der Waals surface area contributed by atoms with Gasteiger partial charge in [-0.05, 0) is 60.1 Å². The number of hydrogen-bond donors (Lipinski definition) is 10. The van der Waals surface area contributed by atoms with Crippen molar-refractivity contribution in [3.05, 3.63) is 47.5 Å². The molecule has 0 unspecified atom stereocenters. The highest BCUT2D eigenvalue weighted by Gasteiger charge is 2.46. The van der Waals surface area contributed by atoms with Crippen LogP contribution < -0.4 is 9.47 Å². The fourth-order valence-electron chi connectivity index (χ4n) is 5.87. The van der Waals surface area contributed by atoms with Crippen molar-refractivity contribution >= 4 is 0 Å². The molecule has 4 rings (SSSR count). The lowest BCUT2D eigenvalue weighted by Gasteiger charge is -2.41. The molecule has 16 heteroatoms. The number of phenols is 2. The van der Waals surface area contributed by atoms with Gasteiger partial charge in [-0.3, -0.25) is 0 Å². The van der Waals surface area contributed by atoms with E-state index >= 15 is 0 Å². The molecule has 2 aliphatic rings. The van der Waals surface area contributed by atoms with Crippen LogP contribution in [-0.4, -0.2) is 153 Å². The predicted octanol–water partition coefficient (Wildman–Crippen LogP) is -2.23. The number of hydrogen-bond acceptors (Lipinski definition) is 16. The molecular weight excluding hydrogens is 640 g/mol. The third-order valence-corrected chi connectivity index (χ3v) is 8.80. The van der Waals surface area contributed by atoms with Crippen LogP contribution in [-0.2, 0) is 31.8 Å². The Morgan fingerprint density at radius 1 is 0.583 bits per heavy atom. The highest BCUT2D eigenvalue weighted by atomic mass is 16.7. The number of benzene rings is 2. The van der Waals surface area contributed by atoms with Gasteiger partial charge in [0.25, 0.3) is 0 Å². The van der Waals surface area contributed by atoms with Crippen LogP contribution in [0.4, 0.5) is 0 Å². The number of phenolic OH excluding ortho intramolecular Hbond substituents is 2. The van der Waals surface area contributed by atoms with Gasteiger partial charge in [0.05, 0.1) is 40.6 Å². The number of aromatic hydroxyl groups is 2. The first-order valence-corrected chi connectivity index (χ1v) is 15.5. The van der Waals surface area contributed by atoms with E-state index in [2.05, 4.69) is 0 Å². The van der Waals surface area contributed by atoms with Gasteiger partial charge in [0.2, 0.25) is 0 Å². The lowest BCUT2D eigenvalue weighted by Crippen LogP contribution is -2.59. The average Bonchev–Trinajstić information content (AvgIpc) is 3.09. The van der Waals surface area contributed by atoms with Gasteiger partial charge >= 0.3 is 0 Å². The Morgan fingerprint density at radius 2 is 0.958 bits per heavy atom. The molecule has 0 amide bonds. The van der Waals surface area contributed by atoms with Crippen LogP contribution in [0.5, 0.6) is 23.0 Å². The number of methoxy groups -OCH3 is 2. The lowest BCUT2D eigenvalue weighted by atomic mass is 9.83. The normalized spacial score (nSPS) is 32.0. The van der Waals surface area contributed by atoms with Crippen molar-refractivity contribution < 1.29 is 79.5 Å². The maximum absolute atomic E-state index is 10.6. The molecule has 48 heavy (non-hydrogen) atoms. The molecule has 0 saturated carbocycles.